The number of H-pyrrole nitrogens is 1. The number of aliphatic hydroxyl groups is 1. The summed E-state index contributed by atoms with van der Waals surface area (Å²) in [4.78, 5) is 10.2. The molecule has 0 bridgehead atoms. The van der Waals surface area contributed by atoms with E-state index in [2.05, 4.69) is 37.7 Å². The molecule has 0 radical (unpaired) electrons. The summed E-state index contributed by atoms with van der Waals surface area (Å²) in [5.74, 6) is 1.37. The third-order valence-electron chi connectivity index (χ3n) is 3.87. The van der Waals surface area contributed by atoms with Gasteiger partial charge >= 0.3 is 0 Å². The highest BCUT2D eigenvalue weighted by atomic mass is 79.9. The van der Waals surface area contributed by atoms with E-state index in [1.54, 1.807) is 0 Å². The lowest BCUT2D eigenvalue weighted by molar-refractivity contribution is 0.0250. The van der Waals surface area contributed by atoms with Crippen molar-refractivity contribution in [3.8, 4) is 0 Å². The van der Waals surface area contributed by atoms with E-state index in [0.717, 1.165) is 47.4 Å². The van der Waals surface area contributed by atoms with E-state index in [1.165, 1.54) is 0 Å². The predicted octanol–water partition coefficient (Wildman–Crippen LogP) is 2.53. The van der Waals surface area contributed by atoms with Crippen molar-refractivity contribution < 1.29 is 5.11 Å². The number of imidazole rings is 1. The summed E-state index contributed by atoms with van der Waals surface area (Å²) >= 11 is 3.46. The lowest BCUT2D eigenvalue weighted by Gasteiger charge is -2.33. The van der Waals surface area contributed by atoms with Crippen LogP contribution in [0.5, 0.6) is 0 Å². The topological polar surface area (TPSA) is 52.2 Å². The lowest BCUT2D eigenvalue weighted by Crippen LogP contribution is -2.42. The zero-order valence-corrected chi connectivity index (χ0v) is 12.5. The molecule has 2 heterocycles. The molecule has 0 aliphatic carbocycles. The van der Waals surface area contributed by atoms with E-state index in [4.69, 9.17) is 0 Å². The zero-order chi connectivity index (χ0) is 13.4. The Hall–Kier alpha value is -0.910. The standard InChI is InChI=1S/C14H18BrN3O/c1-9-4-5-18(7-13(9)19)8-14-16-11-3-2-10(15)6-12(11)17-14/h2-3,6,9,13,19H,4-5,7-8H2,1H3,(H,16,17)/t9-,13-/m1/s1. The second kappa shape index (κ2) is 5.23. The molecular formula is C14H18BrN3O. The van der Waals surface area contributed by atoms with Gasteiger partial charge in [-0.1, -0.05) is 22.9 Å². The van der Waals surface area contributed by atoms with Gasteiger partial charge in [0.2, 0.25) is 0 Å². The molecule has 2 aromatic rings. The van der Waals surface area contributed by atoms with Gasteiger partial charge < -0.3 is 10.1 Å². The molecule has 5 heteroatoms. The Morgan fingerprint density at radius 3 is 3.16 bits per heavy atom. The lowest BCUT2D eigenvalue weighted by atomic mass is 9.96. The molecule has 1 aliphatic rings. The molecule has 102 valence electrons. The number of nitrogens with one attached hydrogen (secondary N) is 1. The van der Waals surface area contributed by atoms with Crippen molar-refractivity contribution in [1.82, 2.24) is 14.9 Å². The Balaban J connectivity index is 1.74. The fraction of sp³-hybridized carbons (Fsp3) is 0.500. The average molecular weight is 324 g/mol. The Kier molecular flexibility index (Phi) is 3.60. The van der Waals surface area contributed by atoms with Crippen molar-refractivity contribution in [2.45, 2.75) is 26.0 Å². The van der Waals surface area contributed by atoms with Crippen LogP contribution in [0, 0.1) is 5.92 Å². The van der Waals surface area contributed by atoms with Crippen molar-refractivity contribution in [3.05, 3.63) is 28.5 Å². The van der Waals surface area contributed by atoms with E-state index >= 15 is 0 Å². The number of piperidine rings is 1. The van der Waals surface area contributed by atoms with Crippen molar-refractivity contribution in [2.75, 3.05) is 13.1 Å². The number of β-amino-alcohol motifs (C(OH)–C–C–N with tert-alkyl or cyclic N) is 1. The molecule has 1 saturated heterocycles. The van der Waals surface area contributed by atoms with Crippen LogP contribution in [0.3, 0.4) is 0 Å². The summed E-state index contributed by atoms with van der Waals surface area (Å²) in [5, 5.41) is 9.92. The van der Waals surface area contributed by atoms with Gasteiger partial charge in [-0.05, 0) is 37.1 Å². The van der Waals surface area contributed by atoms with Gasteiger partial charge in [-0.2, -0.15) is 0 Å². The molecule has 1 aromatic heterocycles. The third-order valence-corrected chi connectivity index (χ3v) is 4.36. The second-order valence-electron chi connectivity index (χ2n) is 5.41. The Labute approximate surface area is 121 Å². The third kappa shape index (κ3) is 2.83. The van der Waals surface area contributed by atoms with Crippen LogP contribution in [0.2, 0.25) is 0 Å². The van der Waals surface area contributed by atoms with Crippen LogP contribution in [0.15, 0.2) is 22.7 Å². The van der Waals surface area contributed by atoms with E-state index in [9.17, 15) is 5.11 Å². The number of hydrogen-bond donors (Lipinski definition) is 2. The molecule has 0 amide bonds. The first-order valence-corrected chi connectivity index (χ1v) is 7.45. The molecule has 2 N–H and O–H groups in total. The summed E-state index contributed by atoms with van der Waals surface area (Å²) in [6.07, 6.45) is 0.833. The zero-order valence-electron chi connectivity index (χ0n) is 10.9. The number of rotatable bonds is 2. The Bertz CT molecular complexity index is 583. The normalized spacial score (nSPS) is 25.0. The van der Waals surface area contributed by atoms with Gasteiger partial charge in [-0.15, -0.1) is 0 Å². The molecule has 1 fully saturated rings. The summed E-state index contributed by atoms with van der Waals surface area (Å²) < 4.78 is 1.05. The fourth-order valence-corrected chi connectivity index (χ4v) is 2.94. The first-order valence-electron chi connectivity index (χ1n) is 6.66. The molecule has 2 atom stereocenters. The van der Waals surface area contributed by atoms with Crippen LogP contribution >= 0.6 is 15.9 Å². The summed E-state index contributed by atoms with van der Waals surface area (Å²) in [5.41, 5.74) is 2.04. The maximum atomic E-state index is 9.92. The molecule has 3 rings (SSSR count). The summed E-state index contributed by atoms with van der Waals surface area (Å²) in [7, 11) is 0. The van der Waals surface area contributed by atoms with Crippen LogP contribution in [0.4, 0.5) is 0 Å². The number of nitrogens with zero attached hydrogens (tertiary/aromatic N) is 2. The minimum atomic E-state index is -0.215. The number of aromatic nitrogens is 2. The van der Waals surface area contributed by atoms with Gasteiger partial charge in [0.1, 0.15) is 5.82 Å². The monoisotopic (exact) mass is 323 g/mol. The minimum Gasteiger partial charge on any atom is -0.392 e. The van der Waals surface area contributed by atoms with Gasteiger partial charge in [0.15, 0.2) is 0 Å². The van der Waals surface area contributed by atoms with Crippen LogP contribution in [0.25, 0.3) is 11.0 Å². The molecule has 1 aromatic carbocycles. The molecule has 0 unspecified atom stereocenters. The smallest absolute Gasteiger partial charge is 0.121 e. The molecule has 0 spiro atoms. The van der Waals surface area contributed by atoms with Crippen LogP contribution in [-0.4, -0.2) is 39.2 Å². The van der Waals surface area contributed by atoms with Crippen molar-refractivity contribution in [2.24, 2.45) is 5.92 Å². The number of aromatic amines is 1. The molecule has 0 saturated carbocycles. The first kappa shape index (κ1) is 13.1. The number of halogens is 1. The van der Waals surface area contributed by atoms with Crippen LogP contribution in [0.1, 0.15) is 19.2 Å². The quantitative estimate of drug-likeness (QED) is 0.893. The SMILES string of the molecule is C[C@@H]1CCN(Cc2nc3ccc(Br)cc3[nH]2)C[C@H]1O. The van der Waals surface area contributed by atoms with Crippen LogP contribution < -0.4 is 0 Å². The average Bonchev–Trinajstić information content (AvgIpc) is 2.75. The summed E-state index contributed by atoms with van der Waals surface area (Å²) in [6, 6.07) is 6.05. The van der Waals surface area contributed by atoms with Gasteiger partial charge in [0, 0.05) is 11.0 Å². The number of aliphatic hydroxyl groups excluding tert-OH is 1. The van der Waals surface area contributed by atoms with E-state index < -0.39 is 0 Å². The minimum absolute atomic E-state index is 0.215. The van der Waals surface area contributed by atoms with Gasteiger partial charge in [0.05, 0.1) is 23.7 Å². The largest absolute Gasteiger partial charge is 0.392 e. The number of hydrogen-bond acceptors (Lipinski definition) is 3. The highest BCUT2D eigenvalue weighted by Crippen LogP contribution is 2.21. The molecular weight excluding hydrogens is 306 g/mol. The molecule has 4 nitrogen and oxygen atoms in total. The van der Waals surface area contributed by atoms with Crippen LogP contribution in [-0.2, 0) is 6.54 Å². The maximum Gasteiger partial charge on any atom is 0.121 e. The Morgan fingerprint density at radius 1 is 1.53 bits per heavy atom. The number of likely N-dealkylation sites (tertiary alicyclic amines) is 1. The highest BCUT2D eigenvalue weighted by molar-refractivity contribution is 9.10. The summed E-state index contributed by atoms with van der Waals surface area (Å²) in [6.45, 7) is 4.65. The highest BCUT2D eigenvalue weighted by Gasteiger charge is 2.24. The molecule has 1 aliphatic heterocycles. The van der Waals surface area contributed by atoms with E-state index in [0.29, 0.717) is 5.92 Å². The van der Waals surface area contributed by atoms with Crippen molar-refractivity contribution >= 4 is 27.0 Å². The fourth-order valence-electron chi connectivity index (χ4n) is 2.58. The molecule has 19 heavy (non-hydrogen) atoms. The Morgan fingerprint density at radius 2 is 2.37 bits per heavy atom. The first-order chi connectivity index (χ1) is 9.11. The van der Waals surface area contributed by atoms with Crippen molar-refractivity contribution in [1.29, 1.82) is 0 Å². The van der Waals surface area contributed by atoms with Crippen molar-refractivity contribution in [3.63, 3.8) is 0 Å². The second-order valence-corrected chi connectivity index (χ2v) is 6.33. The maximum absolute atomic E-state index is 9.92. The van der Waals surface area contributed by atoms with E-state index in [-0.39, 0.29) is 6.10 Å². The van der Waals surface area contributed by atoms with Gasteiger partial charge in [0.25, 0.3) is 0 Å². The van der Waals surface area contributed by atoms with E-state index in [1.807, 2.05) is 18.2 Å². The number of benzene rings is 1. The van der Waals surface area contributed by atoms with Gasteiger partial charge in [-0.3, -0.25) is 4.90 Å². The number of fused-ring (bicyclic) bond motifs is 1. The van der Waals surface area contributed by atoms with Gasteiger partial charge in [-0.25, -0.2) is 4.98 Å². The predicted molar refractivity (Wildman–Crippen MR) is 78.9 cm³/mol.